The first-order valence-corrected chi connectivity index (χ1v) is 16.5. The minimum absolute atomic E-state index is 1.15. The van der Waals surface area contributed by atoms with Crippen LogP contribution in [0.25, 0.3) is 82.5 Å². The first-order chi connectivity index (χ1) is 22.8. The van der Waals surface area contributed by atoms with E-state index in [-0.39, 0.29) is 0 Å². The second-order valence-corrected chi connectivity index (χ2v) is 13.2. The van der Waals surface area contributed by atoms with Crippen LogP contribution in [-0.4, -0.2) is 13.7 Å². The van der Waals surface area contributed by atoms with E-state index in [1.807, 2.05) is 11.8 Å². The predicted octanol–water partition coefficient (Wildman–Crippen LogP) is 11.4. The van der Waals surface area contributed by atoms with Gasteiger partial charge in [0.15, 0.2) is 0 Å². The van der Waals surface area contributed by atoms with E-state index < -0.39 is 0 Å². The molecule has 0 unspecified atom stereocenters. The number of aromatic nitrogens is 3. The van der Waals surface area contributed by atoms with Gasteiger partial charge >= 0.3 is 0 Å². The molecule has 4 heterocycles. The molecule has 0 aliphatic carbocycles. The SMILES string of the molecule is c1ccc2c(c1)Sc1cccc3c4c5ccccc5n(-c5ccc(-n6c7ccccc7c7c8ccccc8ccc76)cc5)c4n-2c13. The van der Waals surface area contributed by atoms with E-state index in [9.17, 15) is 0 Å². The highest BCUT2D eigenvalue weighted by Crippen LogP contribution is 2.49. The van der Waals surface area contributed by atoms with Gasteiger partial charge in [-0.1, -0.05) is 103 Å². The molecule has 214 valence electrons. The molecule has 0 amide bonds. The van der Waals surface area contributed by atoms with Crippen LogP contribution in [0.1, 0.15) is 0 Å². The van der Waals surface area contributed by atoms with Crippen LogP contribution in [0, 0.1) is 0 Å². The molecular weight excluding hydrogens is 579 g/mol. The molecule has 0 bridgehead atoms. The maximum atomic E-state index is 2.50. The van der Waals surface area contributed by atoms with E-state index in [1.165, 1.54) is 80.9 Å². The summed E-state index contributed by atoms with van der Waals surface area (Å²) in [6.07, 6.45) is 0. The fourth-order valence-electron chi connectivity index (χ4n) is 7.96. The van der Waals surface area contributed by atoms with Crippen LogP contribution in [0.3, 0.4) is 0 Å². The molecule has 0 saturated carbocycles. The van der Waals surface area contributed by atoms with Gasteiger partial charge in [0.25, 0.3) is 0 Å². The van der Waals surface area contributed by atoms with Crippen LogP contribution in [0.5, 0.6) is 0 Å². The predicted molar refractivity (Wildman–Crippen MR) is 194 cm³/mol. The van der Waals surface area contributed by atoms with E-state index in [1.54, 1.807) is 0 Å². The van der Waals surface area contributed by atoms with Gasteiger partial charge in [0.2, 0.25) is 0 Å². The van der Waals surface area contributed by atoms with Crippen LogP contribution in [0.4, 0.5) is 0 Å². The Balaban J connectivity index is 1.20. The molecule has 0 fully saturated rings. The van der Waals surface area contributed by atoms with Gasteiger partial charge in [-0.15, -0.1) is 0 Å². The average Bonchev–Trinajstić information content (AvgIpc) is 3.76. The summed E-state index contributed by atoms with van der Waals surface area (Å²) in [7, 11) is 0. The Morgan fingerprint density at radius 2 is 0.978 bits per heavy atom. The van der Waals surface area contributed by atoms with Crippen molar-refractivity contribution >= 4 is 77.2 Å². The van der Waals surface area contributed by atoms with Gasteiger partial charge in [0, 0.05) is 48.1 Å². The van der Waals surface area contributed by atoms with Crippen molar-refractivity contribution in [1.29, 1.82) is 0 Å². The van der Waals surface area contributed by atoms with Crippen molar-refractivity contribution in [3.05, 3.63) is 152 Å². The Morgan fingerprint density at radius 3 is 1.80 bits per heavy atom. The maximum Gasteiger partial charge on any atom is 0.131 e. The normalized spacial score (nSPS) is 12.7. The Labute approximate surface area is 268 Å². The lowest BCUT2D eigenvalue weighted by molar-refractivity contribution is 1.02. The summed E-state index contributed by atoms with van der Waals surface area (Å²) >= 11 is 1.87. The van der Waals surface area contributed by atoms with Crippen LogP contribution >= 0.6 is 11.8 Å². The van der Waals surface area contributed by atoms with Crippen molar-refractivity contribution in [2.75, 3.05) is 0 Å². The lowest BCUT2D eigenvalue weighted by Crippen LogP contribution is -2.05. The summed E-state index contributed by atoms with van der Waals surface area (Å²) in [5.41, 5.74) is 9.72. The molecule has 0 saturated heterocycles. The topological polar surface area (TPSA) is 14.8 Å². The standard InChI is InChI=1S/C42H25N3S/c1-2-11-29-26(10-1)20-25-36-39(29)30-12-3-5-15-33(30)43(36)27-21-23-28(24-22-27)44-34-16-6-4-13-31(34)40-32-14-9-19-38-41(32)45(42(40)44)35-17-7-8-18-37(35)46-38/h1-25H. The summed E-state index contributed by atoms with van der Waals surface area (Å²) in [5, 5.41) is 9.04. The molecule has 1 aliphatic heterocycles. The van der Waals surface area contributed by atoms with Crippen LogP contribution in [0.2, 0.25) is 0 Å². The zero-order chi connectivity index (χ0) is 29.9. The smallest absolute Gasteiger partial charge is 0.131 e. The third-order valence-electron chi connectivity index (χ3n) is 9.81. The molecule has 7 aromatic carbocycles. The zero-order valence-electron chi connectivity index (χ0n) is 24.7. The summed E-state index contributed by atoms with van der Waals surface area (Å²) in [5.74, 6) is 0. The van der Waals surface area contributed by atoms with Gasteiger partial charge in [0.05, 0.1) is 27.8 Å². The van der Waals surface area contributed by atoms with Crippen LogP contribution < -0.4 is 0 Å². The summed E-state index contributed by atoms with van der Waals surface area (Å²) in [6, 6.07) is 55.6. The minimum atomic E-state index is 1.15. The maximum absolute atomic E-state index is 2.50. The van der Waals surface area contributed by atoms with E-state index in [4.69, 9.17) is 0 Å². The highest BCUT2D eigenvalue weighted by atomic mass is 32.2. The second-order valence-electron chi connectivity index (χ2n) is 12.2. The monoisotopic (exact) mass is 603 g/mol. The number of hydrogen-bond donors (Lipinski definition) is 0. The Kier molecular flexibility index (Phi) is 4.78. The van der Waals surface area contributed by atoms with Gasteiger partial charge in [-0.25, -0.2) is 0 Å². The Morgan fingerprint density at radius 1 is 0.370 bits per heavy atom. The second kappa shape index (κ2) is 8.94. The molecule has 10 aromatic rings. The van der Waals surface area contributed by atoms with Crippen molar-refractivity contribution in [1.82, 2.24) is 13.7 Å². The number of rotatable bonds is 2. The lowest BCUT2D eigenvalue weighted by Gasteiger charge is -2.21. The van der Waals surface area contributed by atoms with E-state index in [2.05, 4.69) is 165 Å². The third-order valence-corrected chi connectivity index (χ3v) is 10.9. The summed E-state index contributed by atoms with van der Waals surface area (Å²) in [4.78, 5) is 2.59. The Hall–Kier alpha value is -5.71. The first kappa shape index (κ1) is 24.6. The van der Waals surface area contributed by atoms with Gasteiger partial charge in [-0.3, -0.25) is 9.13 Å². The molecule has 3 aromatic heterocycles. The minimum Gasteiger partial charge on any atom is -0.309 e. The molecule has 11 rings (SSSR count). The fraction of sp³-hybridized carbons (Fsp3) is 0. The van der Waals surface area contributed by atoms with Crippen molar-refractivity contribution in [2.24, 2.45) is 0 Å². The summed E-state index contributed by atoms with van der Waals surface area (Å²) in [6.45, 7) is 0. The van der Waals surface area contributed by atoms with Gasteiger partial charge in [-0.2, -0.15) is 0 Å². The molecular formula is C42H25N3S. The van der Waals surface area contributed by atoms with Crippen LogP contribution in [0.15, 0.2) is 161 Å². The molecule has 0 atom stereocenters. The first-order valence-electron chi connectivity index (χ1n) is 15.7. The van der Waals surface area contributed by atoms with Crippen molar-refractivity contribution in [3.8, 4) is 17.1 Å². The summed E-state index contributed by atoms with van der Waals surface area (Å²) < 4.78 is 7.38. The van der Waals surface area contributed by atoms with Crippen molar-refractivity contribution in [2.45, 2.75) is 9.79 Å². The van der Waals surface area contributed by atoms with Gasteiger partial charge in [0.1, 0.15) is 5.65 Å². The number of nitrogens with zero attached hydrogens (tertiary/aromatic N) is 3. The molecule has 0 radical (unpaired) electrons. The molecule has 0 spiro atoms. The highest BCUT2D eigenvalue weighted by molar-refractivity contribution is 7.99. The van der Waals surface area contributed by atoms with Crippen molar-refractivity contribution < 1.29 is 0 Å². The molecule has 3 nitrogen and oxygen atoms in total. The van der Waals surface area contributed by atoms with E-state index in [0.717, 1.165) is 11.4 Å². The largest absolute Gasteiger partial charge is 0.309 e. The quantitative estimate of drug-likeness (QED) is 0.192. The number of fused-ring (bicyclic) bond motifs is 12. The number of hydrogen-bond acceptors (Lipinski definition) is 1. The van der Waals surface area contributed by atoms with Crippen LogP contribution in [-0.2, 0) is 0 Å². The fourth-order valence-corrected chi connectivity index (χ4v) is 9.05. The third kappa shape index (κ3) is 3.09. The average molecular weight is 604 g/mol. The van der Waals surface area contributed by atoms with E-state index >= 15 is 0 Å². The van der Waals surface area contributed by atoms with E-state index in [0.29, 0.717) is 0 Å². The zero-order valence-corrected chi connectivity index (χ0v) is 25.5. The molecule has 0 N–H and O–H groups in total. The van der Waals surface area contributed by atoms with Crippen molar-refractivity contribution in [3.63, 3.8) is 0 Å². The lowest BCUT2D eigenvalue weighted by atomic mass is 10.0. The molecule has 46 heavy (non-hydrogen) atoms. The molecule has 1 aliphatic rings. The Bertz CT molecular complexity index is 2880. The number of benzene rings is 7. The van der Waals surface area contributed by atoms with Gasteiger partial charge in [-0.05, 0) is 71.4 Å². The highest BCUT2D eigenvalue weighted by Gasteiger charge is 2.27. The number of para-hydroxylation sites is 4. The van der Waals surface area contributed by atoms with Gasteiger partial charge < -0.3 is 4.57 Å². The molecule has 4 heteroatoms.